The molecule has 1 aliphatic rings. The Bertz CT molecular complexity index is 478. The fourth-order valence-electron chi connectivity index (χ4n) is 2.56. The molecule has 1 aromatic rings. The van der Waals surface area contributed by atoms with Crippen LogP contribution in [0.3, 0.4) is 0 Å². The highest BCUT2D eigenvalue weighted by Gasteiger charge is 2.15. The predicted octanol–water partition coefficient (Wildman–Crippen LogP) is 2.40. The van der Waals surface area contributed by atoms with Crippen molar-refractivity contribution < 1.29 is 4.74 Å². The van der Waals surface area contributed by atoms with Crippen LogP contribution >= 0.6 is 0 Å². The maximum Gasteiger partial charge on any atom is 0.255 e. The molecule has 0 spiro atoms. The Morgan fingerprint density at radius 1 is 1.45 bits per heavy atom. The molecule has 20 heavy (non-hydrogen) atoms. The summed E-state index contributed by atoms with van der Waals surface area (Å²) in [7, 11) is 0. The maximum absolute atomic E-state index is 12.1. The van der Waals surface area contributed by atoms with E-state index in [1.165, 1.54) is 0 Å². The second-order valence-electron chi connectivity index (χ2n) is 5.45. The summed E-state index contributed by atoms with van der Waals surface area (Å²) in [6.45, 7) is 5.62. The normalized spacial score (nSPS) is 18.4. The first kappa shape index (κ1) is 15.0. The number of nitrogens with one attached hydrogen (secondary N) is 2. The Morgan fingerprint density at radius 2 is 2.30 bits per heavy atom. The van der Waals surface area contributed by atoms with Crippen LogP contribution in [-0.2, 0) is 11.2 Å². The Hall–Kier alpha value is -1.36. The lowest BCUT2D eigenvalue weighted by atomic mass is 10.1. The van der Waals surface area contributed by atoms with E-state index >= 15 is 0 Å². The van der Waals surface area contributed by atoms with Gasteiger partial charge < -0.3 is 10.1 Å². The van der Waals surface area contributed by atoms with Crippen LogP contribution in [0.2, 0.25) is 0 Å². The lowest BCUT2D eigenvalue weighted by molar-refractivity contribution is 0.120. The first-order valence-corrected chi connectivity index (χ1v) is 7.66. The number of aromatic amines is 1. The SMILES string of the molecule is CCCCCc1c(C)nc(NC[C@H]2CCCO2)[nH]c1=O. The van der Waals surface area contributed by atoms with Crippen molar-refractivity contribution >= 4 is 5.95 Å². The molecule has 2 heterocycles. The summed E-state index contributed by atoms with van der Waals surface area (Å²) in [6, 6.07) is 0. The highest BCUT2D eigenvalue weighted by molar-refractivity contribution is 5.29. The van der Waals surface area contributed by atoms with E-state index in [-0.39, 0.29) is 11.7 Å². The van der Waals surface area contributed by atoms with Crippen molar-refractivity contribution in [3.05, 3.63) is 21.6 Å². The van der Waals surface area contributed by atoms with E-state index in [0.717, 1.165) is 56.4 Å². The molecule has 1 saturated heterocycles. The Morgan fingerprint density at radius 3 is 2.95 bits per heavy atom. The van der Waals surface area contributed by atoms with Crippen LogP contribution in [0.1, 0.15) is 50.3 Å². The lowest BCUT2D eigenvalue weighted by Crippen LogP contribution is -2.24. The van der Waals surface area contributed by atoms with Crippen LogP contribution in [0.15, 0.2) is 4.79 Å². The number of unbranched alkanes of at least 4 members (excludes halogenated alkanes) is 2. The number of rotatable bonds is 7. The van der Waals surface area contributed by atoms with Crippen LogP contribution in [0.5, 0.6) is 0 Å². The van der Waals surface area contributed by atoms with E-state index in [1.807, 2.05) is 6.92 Å². The van der Waals surface area contributed by atoms with Gasteiger partial charge in [0.15, 0.2) is 0 Å². The first-order valence-electron chi connectivity index (χ1n) is 7.66. The molecule has 2 N–H and O–H groups in total. The van der Waals surface area contributed by atoms with Crippen molar-refractivity contribution in [3.63, 3.8) is 0 Å². The van der Waals surface area contributed by atoms with E-state index in [2.05, 4.69) is 22.2 Å². The van der Waals surface area contributed by atoms with Gasteiger partial charge in [-0.2, -0.15) is 0 Å². The highest BCUT2D eigenvalue weighted by atomic mass is 16.5. The van der Waals surface area contributed by atoms with Gasteiger partial charge in [0.05, 0.1) is 6.10 Å². The highest BCUT2D eigenvalue weighted by Crippen LogP contribution is 2.12. The Labute approximate surface area is 120 Å². The van der Waals surface area contributed by atoms with Gasteiger partial charge in [-0.15, -0.1) is 0 Å². The molecule has 5 heteroatoms. The number of aromatic nitrogens is 2. The fourth-order valence-corrected chi connectivity index (χ4v) is 2.56. The molecule has 1 aliphatic heterocycles. The minimum atomic E-state index is -0.0107. The number of nitrogens with zero attached hydrogens (tertiary/aromatic N) is 1. The van der Waals surface area contributed by atoms with Gasteiger partial charge in [-0.1, -0.05) is 19.8 Å². The standard InChI is InChI=1S/C15H25N3O2/c1-3-4-5-8-13-11(2)17-15(18-14(13)19)16-10-12-7-6-9-20-12/h12H,3-10H2,1-2H3,(H2,16,17,18,19)/t12-/m1/s1. The number of hydrogen-bond donors (Lipinski definition) is 2. The van der Waals surface area contributed by atoms with Crippen molar-refractivity contribution in [2.24, 2.45) is 0 Å². The molecule has 0 aromatic carbocycles. The van der Waals surface area contributed by atoms with Gasteiger partial charge in [0.25, 0.3) is 5.56 Å². The Kier molecular flexibility index (Phi) is 5.59. The molecule has 2 rings (SSSR count). The van der Waals surface area contributed by atoms with Gasteiger partial charge >= 0.3 is 0 Å². The lowest BCUT2D eigenvalue weighted by Gasteiger charge is -2.12. The summed E-state index contributed by atoms with van der Waals surface area (Å²) in [5.74, 6) is 0.558. The quantitative estimate of drug-likeness (QED) is 0.752. The molecule has 1 aromatic heterocycles. The van der Waals surface area contributed by atoms with Gasteiger partial charge in [-0.3, -0.25) is 9.78 Å². The largest absolute Gasteiger partial charge is 0.376 e. The van der Waals surface area contributed by atoms with Crippen molar-refractivity contribution in [3.8, 4) is 0 Å². The smallest absolute Gasteiger partial charge is 0.255 e. The van der Waals surface area contributed by atoms with Crippen molar-refractivity contribution in [2.45, 2.75) is 58.5 Å². The molecule has 1 fully saturated rings. The fraction of sp³-hybridized carbons (Fsp3) is 0.733. The van der Waals surface area contributed by atoms with E-state index in [4.69, 9.17) is 4.74 Å². The zero-order valence-corrected chi connectivity index (χ0v) is 12.5. The second-order valence-corrected chi connectivity index (χ2v) is 5.45. The molecular formula is C15H25N3O2. The number of H-pyrrole nitrogens is 1. The zero-order valence-electron chi connectivity index (χ0n) is 12.5. The molecular weight excluding hydrogens is 254 g/mol. The number of aryl methyl sites for hydroxylation is 1. The molecule has 112 valence electrons. The van der Waals surface area contributed by atoms with E-state index in [0.29, 0.717) is 12.5 Å². The molecule has 5 nitrogen and oxygen atoms in total. The van der Waals surface area contributed by atoms with Crippen LogP contribution in [-0.4, -0.2) is 29.2 Å². The third-order valence-electron chi connectivity index (χ3n) is 3.77. The third-order valence-corrected chi connectivity index (χ3v) is 3.77. The van der Waals surface area contributed by atoms with E-state index in [9.17, 15) is 4.79 Å². The predicted molar refractivity (Wildman–Crippen MR) is 80.3 cm³/mol. The van der Waals surface area contributed by atoms with Gasteiger partial charge in [0, 0.05) is 24.4 Å². The zero-order chi connectivity index (χ0) is 14.4. The number of anilines is 1. The summed E-state index contributed by atoms with van der Waals surface area (Å²) >= 11 is 0. The van der Waals surface area contributed by atoms with Gasteiger partial charge in [-0.25, -0.2) is 4.98 Å². The molecule has 0 saturated carbocycles. The molecule has 0 unspecified atom stereocenters. The molecule has 0 amide bonds. The summed E-state index contributed by atoms with van der Waals surface area (Å²) in [4.78, 5) is 19.4. The average molecular weight is 279 g/mol. The van der Waals surface area contributed by atoms with Crippen LogP contribution < -0.4 is 10.9 Å². The van der Waals surface area contributed by atoms with Gasteiger partial charge in [-0.05, 0) is 32.6 Å². The monoisotopic (exact) mass is 279 g/mol. The van der Waals surface area contributed by atoms with Crippen molar-refractivity contribution in [1.29, 1.82) is 0 Å². The van der Waals surface area contributed by atoms with Crippen LogP contribution in [0, 0.1) is 6.92 Å². The minimum Gasteiger partial charge on any atom is -0.376 e. The van der Waals surface area contributed by atoms with Crippen LogP contribution in [0.4, 0.5) is 5.95 Å². The molecule has 1 atom stereocenters. The second kappa shape index (κ2) is 7.43. The van der Waals surface area contributed by atoms with Gasteiger partial charge in [0.1, 0.15) is 0 Å². The van der Waals surface area contributed by atoms with Gasteiger partial charge in [0.2, 0.25) is 5.95 Å². The number of ether oxygens (including phenoxy) is 1. The summed E-state index contributed by atoms with van der Waals surface area (Å²) in [5.41, 5.74) is 1.64. The molecule has 0 aliphatic carbocycles. The van der Waals surface area contributed by atoms with E-state index in [1.54, 1.807) is 0 Å². The third kappa shape index (κ3) is 4.07. The average Bonchev–Trinajstić information content (AvgIpc) is 2.93. The van der Waals surface area contributed by atoms with E-state index < -0.39 is 0 Å². The maximum atomic E-state index is 12.1. The molecule has 0 radical (unpaired) electrons. The number of hydrogen-bond acceptors (Lipinski definition) is 4. The van der Waals surface area contributed by atoms with Crippen molar-refractivity contribution in [1.82, 2.24) is 9.97 Å². The topological polar surface area (TPSA) is 67.0 Å². The van der Waals surface area contributed by atoms with Crippen LogP contribution in [0.25, 0.3) is 0 Å². The minimum absolute atomic E-state index is 0.0107. The Balaban J connectivity index is 1.95. The first-order chi connectivity index (χ1) is 9.70. The summed E-state index contributed by atoms with van der Waals surface area (Å²) < 4.78 is 5.54. The summed E-state index contributed by atoms with van der Waals surface area (Å²) in [6.07, 6.45) is 6.60. The summed E-state index contributed by atoms with van der Waals surface area (Å²) in [5, 5.41) is 3.17. The molecule has 0 bridgehead atoms. The van der Waals surface area contributed by atoms with Crippen molar-refractivity contribution in [2.75, 3.05) is 18.5 Å².